The number of aliphatic imine (C=N–C) groups is 1. The smallest absolute Gasteiger partial charge is 0.437 e. The van der Waals surface area contributed by atoms with Crippen LogP contribution in [0.2, 0.25) is 0 Å². The maximum absolute atomic E-state index is 11.8. The molecule has 0 heterocycles. The van der Waals surface area contributed by atoms with Crippen LogP contribution in [0.15, 0.2) is 4.99 Å². The van der Waals surface area contributed by atoms with E-state index >= 15 is 0 Å². The van der Waals surface area contributed by atoms with Crippen molar-refractivity contribution in [3.8, 4) is 0 Å². The first-order valence-electron chi connectivity index (χ1n) is 8.70. The minimum absolute atomic E-state index is 0.370. The molecule has 5 nitrogen and oxygen atoms in total. The van der Waals surface area contributed by atoms with E-state index in [9.17, 15) is 4.79 Å². The van der Waals surface area contributed by atoms with Crippen LogP contribution in [-0.2, 0) is 14.2 Å². The van der Waals surface area contributed by atoms with Crippen molar-refractivity contribution in [3.63, 3.8) is 0 Å². The van der Waals surface area contributed by atoms with Gasteiger partial charge in [-0.3, -0.25) is 0 Å². The summed E-state index contributed by atoms with van der Waals surface area (Å²) in [6, 6.07) is 0. The molecule has 0 aliphatic heterocycles. The second-order valence-corrected chi connectivity index (χ2v) is 7.42. The van der Waals surface area contributed by atoms with Crippen LogP contribution in [0.1, 0.15) is 52.9 Å². The fourth-order valence-corrected chi connectivity index (χ4v) is 2.94. The summed E-state index contributed by atoms with van der Waals surface area (Å²) in [5.74, 6) is 1.79. The number of rotatable bonds is 8. The summed E-state index contributed by atoms with van der Waals surface area (Å²) in [4.78, 5) is 15.7. The Morgan fingerprint density at radius 1 is 1.17 bits per heavy atom. The first-order chi connectivity index (χ1) is 11.1. The lowest BCUT2D eigenvalue weighted by molar-refractivity contribution is 0.0796. The van der Waals surface area contributed by atoms with Crippen LogP contribution in [0.5, 0.6) is 0 Å². The topological polar surface area (TPSA) is 57.1 Å². The number of amides is 1. The molecule has 0 aromatic rings. The third-order valence-corrected chi connectivity index (χ3v) is 4.27. The Kier molecular flexibility index (Phi) is 11.2. The Hall–Kier alpha value is -0.750. The average Bonchev–Trinajstić information content (AvgIpc) is 2.53. The lowest BCUT2D eigenvalue weighted by Crippen LogP contribution is -2.16. The van der Waals surface area contributed by atoms with E-state index in [4.69, 9.17) is 14.2 Å². The van der Waals surface area contributed by atoms with Crippen LogP contribution < -0.4 is 0 Å². The maximum Gasteiger partial charge on any atom is 0.437 e. The molecule has 1 aliphatic carbocycles. The summed E-state index contributed by atoms with van der Waals surface area (Å²) < 4.78 is 16.2. The summed E-state index contributed by atoms with van der Waals surface area (Å²) >= 11 is 1.40. The summed E-state index contributed by atoms with van der Waals surface area (Å²) in [6.45, 7) is 8.27. The minimum atomic E-state index is -0.547. The molecule has 1 amide bonds. The molecular formula is C17H31NO4S. The van der Waals surface area contributed by atoms with Gasteiger partial charge in [-0.05, 0) is 30.4 Å². The normalized spacial score (nSPS) is 16.6. The Balaban J connectivity index is 2.26. The molecule has 0 aromatic carbocycles. The highest BCUT2D eigenvalue weighted by atomic mass is 32.2. The second kappa shape index (κ2) is 12.6. The van der Waals surface area contributed by atoms with Gasteiger partial charge in [0.05, 0.1) is 13.2 Å². The van der Waals surface area contributed by atoms with Crippen molar-refractivity contribution in [2.75, 3.05) is 32.2 Å². The molecule has 0 N–H and O–H groups in total. The first-order valence-corrected chi connectivity index (χ1v) is 9.69. The van der Waals surface area contributed by atoms with Crippen LogP contribution in [0.3, 0.4) is 0 Å². The third-order valence-electron chi connectivity index (χ3n) is 3.52. The van der Waals surface area contributed by atoms with E-state index in [-0.39, 0.29) is 0 Å². The quantitative estimate of drug-likeness (QED) is 0.368. The van der Waals surface area contributed by atoms with Gasteiger partial charge in [-0.1, -0.05) is 51.8 Å². The zero-order valence-corrected chi connectivity index (χ0v) is 15.5. The lowest BCUT2D eigenvalue weighted by atomic mass is 9.90. The molecule has 6 heteroatoms. The summed E-state index contributed by atoms with van der Waals surface area (Å²) in [7, 11) is 0. The van der Waals surface area contributed by atoms with Crippen LogP contribution >= 0.6 is 11.8 Å². The standard InChI is InChI=1S/C17H31NO4S/c1-4-23-17(21-11-10-20-12-14(2)3)18-16(19)22-13-15-8-6-5-7-9-15/h14-15H,4-13H2,1-3H3/b18-17-. The van der Waals surface area contributed by atoms with Gasteiger partial charge in [-0.25, -0.2) is 4.79 Å². The van der Waals surface area contributed by atoms with Crippen molar-refractivity contribution in [2.24, 2.45) is 16.8 Å². The SMILES string of the molecule is CCS/C(=N\C(=O)OCC1CCCCC1)OCCOCC(C)C. The van der Waals surface area contributed by atoms with Gasteiger partial charge in [0, 0.05) is 6.61 Å². The molecule has 0 saturated heterocycles. The molecule has 0 spiro atoms. The van der Waals surface area contributed by atoms with Gasteiger partial charge in [-0.15, -0.1) is 4.99 Å². The predicted molar refractivity (Wildman–Crippen MR) is 95.1 cm³/mol. The molecule has 134 valence electrons. The van der Waals surface area contributed by atoms with E-state index in [1.165, 1.54) is 31.0 Å². The fourth-order valence-electron chi connectivity index (χ4n) is 2.39. The largest absolute Gasteiger partial charge is 0.470 e. The van der Waals surface area contributed by atoms with Gasteiger partial charge in [0.15, 0.2) is 0 Å². The van der Waals surface area contributed by atoms with E-state index in [0.29, 0.717) is 43.5 Å². The number of hydrogen-bond acceptors (Lipinski definition) is 5. The zero-order chi connectivity index (χ0) is 16.9. The number of ether oxygens (including phenoxy) is 3. The summed E-state index contributed by atoms with van der Waals surface area (Å²) in [5, 5.41) is 0.370. The summed E-state index contributed by atoms with van der Waals surface area (Å²) in [6.07, 6.45) is 5.53. The van der Waals surface area contributed by atoms with E-state index in [1.807, 2.05) is 6.92 Å². The molecule has 0 bridgehead atoms. The lowest BCUT2D eigenvalue weighted by Gasteiger charge is -2.20. The fraction of sp³-hybridized carbons (Fsp3) is 0.882. The van der Waals surface area contributed by atoms with Gasteiger partial charge < -0.3 is 14.2 Å². The molecule has 0 atom stereocenters. The van der Waals surface area contributed by atoms with E-state index < -0.39 is 6.09 Å². The average molecular weight is 346 g/mol. The highest BCUT2D eigenvalue weighted by molar-refractivity contribution is 8.13. The van der Waals surface area contributed by atoms with Crippen LogP contribution in [-0.4, -0.2) is 43.5 Å². The first kappa shape index (κ1) is 20.3. The molecule has 1 fully saturated rings. The Bertz CT molecular complexity index is 355. The number of nitrogens with zero attached hydrogens (tertiary/aromatic N) is 1. The van der Waals surface area contributed by atoms with Crippen molar-refractivity contribution in [1.29, 1.82) is 0 Å². The van der Waals surface area contributed by atoms with E-state index in [0.717, 1.165) is 18.6 Å². The van der Waals surface area contributed by atoms with Gasteiger partial charge in [0.1, 0.15) is 6.61 Å². The molecule has 0 unspecified atom stereocenters. The number of thioether (sulfide) groups is 1. The van der Waals surface area contributed by atoms with E-state index in [2.05, 4.69) is 18.8 Å². The van der Waals surface area contributed by atoms with Crippen molar-refractivity contribution in [1.82, 2.24) is 0 Å². The highest BCUT2D eigenvalue weighted by Crippen LogP contribution is 2.23. The third kappa shape index (κ3) is 10.6. The van der Waals surface area contributed by atoms with Crippen molar-refractivity contribution >= 4 is 23.1 Å². The highest BCUT2D eigenvalue weighted by Gasteiger charge is 2.16. The van der Waals surface area contributed by atoms with Gasteiger partial charge in [0.2, 0.25) is 0 Å². The molecule has 0 aromatic heterocycles. The zero-order valence-electron chi connectivity index (χ0n) is 14.7. The second-order valence-electron chi connectivity index (χ2n) is 6.21. The Morgan fingerprint density at radius 3 is 2.57 bits per heavy atom. The number of carbonyl (C=O) groups is 1. The van der Waals surface area contributed by atoms with Gasteiger partial charge in [0.25, 0.3) is 5.23 Å². The maximum atomic E-state index is 11.8. The van der Waals surface area contributed by atoms with Crippen molar-refractivity contribution in [3.05, 3.63) is 0 Å². The molecular weight excluding hydrogens is 314 g/mol. The van der Waals surface area contributed by atoms with E-state index in [1.54, 1.807) is 0 Å². The van der Waals surface area contributed by atoms with Crippen LogP contribution in [0, 0.1) is 11.8 Å². The van der Waals surface area contributed by atoms with Crippen molar-refractivity contribution in [2.45, 2.75) is 52.9 Å². The van der Waals surface area contributed by atoms with Crippen LogP contribution in [0.25, 0.3) is 0 Å². The molecule has 1 rings (SSSR count). The van der Waals surface area contributed by atoms with Gasteiger partial charge >= 0.3 is 6.09 Å². The Morgan fingerprint density at radius 2 is 1.91 bits per heavy atom. The molecule has 0 radical (unpaired) electrons. The Labute approximate surface area is 144 Å². The molecule has 1 aliphatic rings. The minimum Gasteiger partial charge on any atom is -0.470 e. The monoisotopic (exact) mass is 345 g/mol. The van der Waals surface area contributed by atoms with Crippen LogP contribution in [0.4, 0.5) is 4.79 Å². The number of hydrogen-bond donors (Lipinski definition) is 0. The molecule has 23 heavy (non-hydrogen) atoms. The van der Waals surface area contributed by atoms with Crippen molar-refractivity contribution < 1.29 is 19.0 Å². The summed E-state index contributed by atoms with van der Waals surface area (Å²) in [5.41, 5.74) is 0. The number of carbonyl (C=O) groups excluding carboxylic acids is 1. The predicted octanol–water partition coefficient (Wildman–Crippen LogP) is 4.50. The van der Waals surface area contributed by atoms with Gasteiger partial charge in [-0.2, -0.15) is 0 Å². The molecule has 1 saturated carbocycles.